The lowest BCUT2D eigenvalue weighted by molar-refractivity contribution is 0.0950. The van der Waals surface area contributed by atoms with Gasteiger partial charge in [0.25, 0.3) is 5.91 Å². The zero-order chi connectivity index (χ0) is 15.5. The fourth-order valence-electron chi connectivity index (χ4n) is 2.10. The Balaban J connectivity index is 1.62. The molecule has 0 bridgehead atoms. The molecule has 0 aliphatic heterocycles. The van der Waals surface area contributed by atoms with Gasteiger partial charge in [-0.1, -0.05) is 11.6 Å². The molecular weight excluding hydrogens is 307 g/mol. The van der Waals surface area contributed by atoms with Crippen molar-refractivity contribution in [2.24, 2.45) is 0 Å². The van der Waals surface area contributed by atoms with Crippen molar-refractivity contribution >= 4 is 28.5 Å². The van der Waals surface area contributed by atoms with Crippen LogP contribution >= 0.6 is 11.6 Å². The molecule has 22 heavy (non-hydrogen) atoms. The van der Waals surface area contributed by atoms with Gasteiger partial charge < -0.3 is 10.3 Å². The maximum atomic E-state index is 13.4. The Morgan fingerprint density at radius 1 is 1.36 bits per heavy atom. The van der Waals surface area contributed by atoms with Crippen molar-refractivity contribution in [1.29, 1.82) is 0 Å². The number of pyridine rings is 1. The molecule has 112 valence electrons. The highest BCUT2D eigenvalue weighted by molar-refractivity contribution is 6.31. The van der Waals surface area contributed by atoms with Crippen molar-refractivity contribution in [2.75, 3.05) is 6.54 Å². The third-order valence-corrected chi connectivity index (χ3v) is 3.39. The van der Waals surface area contributed by atoms with Gasteiger partial charge in [0.15, 0.2) is 5.82 Å². The van der Waals surface area contributed by atoms with Gasteiger partial charge in [-0.05, 0) is 24.3 Å². The zero-order valence-corrected chi connectivity index (χ0v) is 12.2. The molecule has 0 aliphatic carbocycles. The Morgan fingerprint density at radius 3 is 3.05 bits per heavy atom. The van der Waals surface area contributed by atoms with Crippen LogP contribution in [-0.4, -0.2) is 27.4 Å². The Morgan fingerprint density at radius 2 is 2.23 bits per heavy atom. The highest BCUT2D eigenvalue weighted by atomic mass is 35.5. The summed E-state index contributed by atoms with van der Waals surface area (Å²) < 4.78 is 13.4. The van der Waals surface area contributed by atoms with Crippen molar-refractivity contribution in [3.63, 3.8) is 0 Å². The second kappa shape index (κ2) is 6.11. The van der Waals surface area contributed by atoms with Gasteiger partial charge in [-0.2, -0.15) is 0 Å². The van der Waals surface area contributed by atoms with E-state index >= 15 is 0 Å². The minimum Gasteiger partial charge on any atom is -0.351 e. The number of imidazole rings is 1. The van der Waals surface area contributed by atoms with Gasteiger partial charge in [-0.15, -0.1) is 0 Å². The molecule has 2 N–H and O–H groups in total. The summed E-state index contributed by atoms with van der Waals surface area (Å²) in [5.41, 5.74) is 1.63. The number of aromatic nitrogens is 3. The summed E-state index contributed by atoms with van der Waals surface area (Å²) in [6.45, 7) is 0.341. The smallest absolute Gasteiger partial charge is 0.254 e. The molecule has 1 amide bonds. The van der Waals surface area contributed by atoms with Gasteiger partial charge in [-0.25, -0.2) is 9.37 Å². The molecular formula is C15H12ClFN4O. The lowest BCUT2D eigenvalue weighted by atomic mass is 10.2. The van der Waals surface area contributed by atoms with Crippen molar-refractivity contribution in [1.82, 2.24) is 20.3 Å². The van der Waals surface area contributed by atoms with E-state index in [1.54, 1.807) is 12.1 Å². The molecule has 2 heterocycles. The maximum Gasteiger partial charge on any atom is 0.254 e. The number of carbonyl (C=O) groups is 1. The predicted molar refractivity (Wildman–Crippen MR) is 81.3 cm³/mol. The van der Waals surface area contributed by atoms with Crippen molar-refractivity contribution in [3.8, 4) is 0 Å². The van der Waals surface area contributed by atoms with Crippen molar-refractivity contribution in [3.05, 3.63) is 58.9 Å². The molecule has 0 fully saturated rings. The highest BCUT2D eigenvalue weighted by Crippen LogP contribution is 2.17. The molecule has 3 rings (SSSR count). The Bertz CT molecular complexity index is 833. The second-order valence-corrected chi connectivity index (χ2v) is 5.14. The SMILES string of the molecule is O=C(NCCc1nc2ccc(Cl)cc2[nH]1)c1ccncc1F. The average molecular weight is 319 g/mol. The number of aromatic amines is 1. The van der Waals surface area contributed by atoms with E-state index in [1.165, 1.54) is 12.3 Å². The molecule has 0 unspecified atom stereocenters. The first-order chi connectivity index (χ1) is 10.6. The molecule has 5 nitrogen and oxygen atoms in total. The molecule has 1 aromatic carbocycles. The number of halogens is 2. The van der Waals surface area contributed by atoms with Crippen molar-refractivity contribution < 1.29 is 9.18 Å². The summed E-state index contributed by atoms with van der Waals surface area (Å²) in [4.78, 5) is 23.0. The Kier molecular flexibility index (Phi) is 4.02. The van der Waals surface area contributed by atoms with Crippen LogP contribution in [0.2, 0.25) is 5.02 Å². The van der Waals surface area contributed by atoms with Crippen LogP contribution in [0.4, 0.5) is 4.39 Å². The third-order valence-electron chi connectivity index (χ3n) is 3.16. The molecule has 7 heteroatoms. The number of hydrogen-bond donors (Lipinski definition) is 2. The van der Waals surface area contributed by atoms with Gasteiger partial charge in [0.2, 0.25) is 0 Å². The summed E-state index contributed by atoms with van der Waals surface area (Å²) >= 11 is 5.91. The molecule has 0 aliphatic rings. The fourth-order valence-corrected chi connectivity index (χ4v) is 2.27. The molecule has 0 spiro atoms. The monoisotopic (exact) mass is 318 g/mol. The third kappa shape index (κ3) is 3.07. The fraction of sp³-hybridized carbons (Fsp3) is 0.133. The van der Waals surface area contributed by atoms with Crippen LogP contribution in [0.25, 0.3) is 11.0 Å². The molecule has 0 saturated carbocycles. The first-order valence-corrected chi connectivity index (χ1v) is 7.03. The number of amides is 1. The predicted octanol–water partition coefficient (Wildman–Crippen LogP) is 2.72. The molecule has 3 aromatic rings. The van der Waals surface area contributed by atoms with Crippen LogP contribution < -0.4 is 5.32 Å². The second-order valence-electron chi connectivity index (χ2n) is 4.71. The standard InChI is InChI=1S/C15H12ClFN4O/c16-9-1-2-12-13(7-9)21-14(20-12)4-6-19-15(22)10-3-5-18-8-11(10)17/h1-3,5,7-8H,4,6H2,(H,19,22)(H,20,21). The van der Waals surface area contributed by atoms with Gasteiger partial charge in [0.1, 0.15) is 5.82 Å². The van der Waals surface area contributed by atoms with Crippen LogP contribution in [0.15, 0.2) is 36.7 Å². The van der Waals surface area contributed by atoms with Gasteiger partial charge in [0.05, 0.1) is 22.8 Å². The average Bonchev–Trinajstić information content (AvgIpc) is 2.89. The zero-order valence-electron chi connectivity index (χ0n) is 11.4. The Labute approximate surface area is 130 Å². The van der Waals surface area contributed by atoms with E-state index in [1.807, 2.05) is 6.07 Å². The first-order valence-electron chi connectivity index (χ1n) is 6.65. The topological polar surface area (TPSA) is 70.7 Å². The van der Waals surface area contributed by atoms with E-state index in [0.717, 1.165) is 23.1 Å². The first kappa shape index (κ1) is 14.5. The minimum atomic E-state index is -0.640. The maximum absolute atomic E-state index is 13.4. The highest BCUT2D eigenvalue weighted by Gasteiger charge is 2.11. The molecule has 0 saturated heterocycles. The minimum absolute atomic E-state index is 0.0219. The summed E-state index contributed by atoms with van der Waals surface area (Å²) in [7, 11) is 0. The lowest BCUT2D eigenvalue weighted by Gasteiger charge is -2.04. The van der Waals surface area contributed by atoms with E-state index < -0.39 is 11.7 Å². The van der Waals surface area contributed by atoms with Crippen LogP contribution in [0.1, 0.15) is 16.2 Å². The van der Waals surface area contributed by atoms with Gasteiger partial charge in [0, 0.05) is 24.2 Å². The summed E-state index contributed by atoms with van der Waals surface area (Å²) in [5, 5.41) is 3.28. The van der Waals surface area contributed by atoms with Crippen LogP contribution in [-0.2, 0) is 6.42 Å². The number of nitrogens with zero attached hydrogens (tertiary/aromatic N) is 2. The molecule has 0 atom stereocenters. The van der Waals surface area contributed by atoms with Crippen LogP contribution in [0, 0.1) is 5.82 Å². The van der Waals surface area contributed by atoms with E-state index in [0.29, 0.717) is 18.0 Å². The van der Waals surface area contributed by atoms with E-state index in [-0.39, 0.29) is 5.56 Å². The number of H-pyrrole nitrogens is 1. The Hall–Kier alpha value is -2.47. The molecule has 0 radical (unpaired) electrons. The number of rotatable bonds is 4. The number of fused-ring (bicyclic) bond motifs is 1. The lowest BCUT2D eigenvalue weighted by Crippen LogP contribution is -2.26. The quantitative estimate of drug-likeness (QED) is 0.777. The number of carbonyl (C=O) groups excluding carboxylic acids is 1. The van der Waals surface area contributed by atoms with E-state index in [2.05, 4.69) is 20.3 Å². The summed E-state index contributed by atoms with van der Waals surface area (Å²) in [6, 6.07) is 6.72. The normalized spacial score (nSPS) is 10.8. The summed E-state index contributed by atoms with van der Waals surface area (Å²) in [5.74, 6) is -0.384. The largest absolute Gasteiger partial charge is 0.351 e. The van der Waals surface area contributed by atoms with Gasteiger partial charge >= 0.3 is 0 Å². The van der Waals surface area contributed by atoms with E-state index in [4.69, 9.17) is 11.6 Å². The van der Waals surface area contributed by atoms with Crippen molar-refractivity contribution in [2.45, 2.75) is 6.42 Å². The van der Waals surface area contributed by atoms with Crippen LogP contribution in [0.5, 0.6) is 0 Å². The summed E-state index contributed by atoms with van der Waals surface area (Å²) in [6.07, 6.45) is 2.89. The van der Waals surface area contributed by atoms with Gasteiger partial charge in [-0.3, -0.25) is 9.78 Å². The van der Waals surface area contributed by atoms with Crippen LogP contribution in [0.3, 0.4) is 0 Å². The molecule has 2 aromatic heterocycles. The number of benzene rings is 1. The van der Waals surface area contributed by atoms with E-state index in [9.17, 15) is 9.18 Å². The number of nitrogens with one attached hydrogen (secondary N) is 2. The number of hydrogen-bond acceptors (Lipinski definition) is 3.